The Balaban J connectivity index is 2.04. The van der Waals surface area contributed by atoms with E-state index in [9.17, 15) is 22.0 Å². The van der Waals surface area contributed by atoms with Gasteiger partial charge in [-0.05, 0) is 35.9 Å². The molecule has 0 spiro atoms. The molecule has 1 N–H and O–H groups in total. The molecular weight excluding hydrogens is 338 g/mol. The van der Waals surface area contributed by atoms with Crippen LogP contribution in [0.5, 0.6) is 0 Å². The van der Waals surface area contributed by atoms with Gasteiger partial charge in [-0.3, -0.25) is 4.79 Å². The molecule has 2 aromatic rings. The number of halogens is 2. The number of carbonyl (C=O) groups excluding carboxylic acids is 1. The highest BCUT2D eigenvalue weighted by atomic mass is 32.2. The topological polar surface area (TPSA) is 66.5 Å². The number of amides is 1. The van der Waals surface area contributed by atoms with Gasteiger partial charge in [0.1, 0.15) is 0 Å². The summed E-state index contributed by atoms with van der Waals surface area (Å²) in [7, 11) is -0.636. The number of hydrogen-bond acceptors (Lipinski definition) is 3. The highest BCUT2D eigenvalue weighted by molar-refractivity contribution is 7.89. The summed E-state index contributed by atoms with van der Waals surface area (Å²) in [6.45, 7) is 0.125. The Morgan fingerprint density at radius 1 is 1.04 bits per heavy atom. The van der Waals surface area contributed by atoms with Crippen LogP contribution in [-0.4, -0.2) is 32.7 Å². The third kappa shape index (κ3) is 3.95. The lowest BCUT2D eigenvalue weighted by Crippen LogP contribution is -2.23. The summed E-state index contributed by atoms with van der Waals surface area (Å²) < 4.78 is 50.9. The molecule has 0 unspecified atom stereocenters. The lowest BCUT2D eigenvalue weighted by atomic mass is 10.2. The molecule has 24 heavy (non-hydrogen) atoms. The molecule has 0 heterocycles. The molecular formula is C16H16F2N2O3S. The molecule has 0 aliphatic carbocycles. The van der Waals surface area contributed by atoms with Gasteiger partial charge in [0.15, 0.2) is 11.6 Å². The van der Waals surface area contributed by atoms with Crippen LogP contribution < -0.4 is 5.32 Å². The van der Waals surface area contributed by atoms with Gasteiger partial charge in [-0.25, -0.2) is 21.5 Å². The fourth-order valence-corrected chi connectivity index (χ4v) is 2.81. The number of nitrogens with zero attached hydrogens (tertiary/aromatic N) is 1. The fourth-order valence-electron chi connectivity index (χ4n) is 1.91. The second-order valence-corrected chi connectivity index (χ2v) is 7.39. The van der Waals surface area contributed by atoms with E-state index in [1.165, 1.54) is 32.3 Å². The molecule has 0 aliphatic heterocycles. The van der Waals surface area contributed by atoms with Crippen molar-refractivity contribution in [3.05, 3.63) is 65.2 Å². The van der Waals surface area contributed by atoms with Crippen molar-refractivity contribution >= 4 is 15.9 Å². The van der Waals surface area contributed by atoms with E-state index in [0.29, 0.717) is 5.56 Å². The Kier molecular flexibility index (Phi) is 5.30. The first-order valence-electron chi connectivity index (χ1n) is 6.96. The van der Waals surface area contributed by atoms with Crippen LogP contribution >= 0.6 is 0 Å². The number of nitrogens with one attached hydrogen (secondary N) is 1. The molecule has 0 fully saturated rings. The molecule has 0 aliphatic rings. The Hall–Kier alpha value is -2.32. The lowest BCUT2D eigenvalue weighted by molar-refractivity contribution is 0.0950. The van der Waals surface area contributed by atoms with E-state index >= 15 is 0 Å². The zero-order valence-electron chi connectivity index (χ0n) is 13.1. The summed E-state index contributed by atoms with van der Waals surface area (Å²) in [5, 5.41) is 2.55. The number of carbonyl (C=O) groups is 1. The Bertz CT molecular complexity index is 850. The first-order valence-corrected chi connectivity index (χ1v) is 8.40. The number of hydrogen-bond donors (Lipinski definition) is 1. The molecule has 2 rings (SSSR count). The zero-order valence-corrected chi connectivity index (χ0v) is 13.9. The van der Waals surface area contributed by atoms with Crippen LogP contribution in [-0.2, 0) is 16.6 Å². The van der Waals surface area contributed by atoms with Crippen LogP contribution in [0.2, 0.25) is 0 Å². The van der Waals surface area contributed by atoms with E-state index in [-0.39, 0.29) is 17.0 Å². The Morgan fingerprint density at radius 2 is 1.67 bits per heavy atom. The van der Waals surface area contributed by atoms with E-state index in [2.05, 4.69) is 5.32 Å². The number of rotatable bonds is 5. The number of sulfonamides is 1. The monoisotopic (exact) mass is 354 g/mol. The summed E-state index contributed by atoms with van der Waals surface area (Å²) in [5.74, 6) is -2.68. The maximum absolute atomic E-state index is 13.1. The van der Waals surface area contributed by atoms with E-state index < -0.39 is 27.6 Å². The van der Waals surface area contributed by atoms with Crippen molar-refractivity contribution < 1.29 is 22.0 Å². The second kappa shape index (κ2) is 7.06. The molecule has 0 saturated heterocycles. The zero-order chi connectivity index (χ0) is 17.9. The van der Waals surface area contributed by atoms with Crippen LogP contribution in [0, 0.1) is 11.6 Å². The smallest absolute Gasteiger partial charge is 0.251 e. The van der Waals surface area contributed by atoms with E-state index in [1.807, 2.05) is 0 Å². The van der Waals surface area contributed by atoms with E-state index in [1.54, 1.807) is 12.1 Å². The van der Waals surface area contributed by atoms with Gasteiger partial charge in [-0.15, -0.1) is 0 Å². The highest BCUT2D eigenvalue weighted by Crippen LogP contribution is 2.14. The minimum Gasteiger partial charge on any atom is -0.348 e. The van der Waals surface area contributed by atoms with Gasteiger partial charge >= 0.3 is 0 Å². The summed E-state index contributed by atoms with van der Waals surface area (Å²) in [6.07, 6.45) is 0. The van der Waals surface area contributed by atoms with Crippen molar-refractivity contribution in [1.82, 2.24) is 9.62 Å². The van der Waals surface area contributed by atoms with Crippen molar-refractivity contribution in [1.29, 1.82) is 0 Å². The third-order valence-electron chi connectivity index (χ3n) is 3.34. The molecule has 8 heteroatoms. The largest absolute Gasteiger partial charge is 0.348 e. The minimum atomic E-state index is -3.51. The average Bonchev–Trinajstić information content (AvgIpc) is 2.55. The van der Waals surface area contributed by atoms with Gasteiger partial charge in [0.25, 0.3) is 5.91 Å². The van der Waals surface area contributed by atoms with Gasteiger partial charge in [0.05, 0.1) is 4.90 Å². The molecule has 128 valence electrons. The molecule has 0 bridgehead atoms. The third-order valence-corrected chi connectivity index (χ3v) is 5.17. The van der Waals surface area contributed by atoms with Crippen LogP contribution in [0.4, 0.5) is 8.78 Å². The molecule has 2 aromatic carbocycles. The Labute approximate surface area is 139 Å². The summed E-state index contributed by atoms with van der Waals surface area (Å²) >= 11 is 0. The molecule has 0 saturated carbocycles. The van der Waals surface area contributed by atoms with Gasteiger partial charge in [0.2, 0.25) is 10.0 Å². The molecule has 0 radical (unpaired) electrons. The average molecular weight is 354 g/mol. The first kappa shape index (κ1) is 18.0. The lowest BCUT2D eigenvalue weighted by Gasteiger charge is -2.12. The van der Waals surface area contributed by atoms with Crippen molar-refractivity contribution in [2.75, 3.05) is 14.1 Å². The quantitative estimate of drug-likeness (QED) is 0.895. The van der Waals surface area contributed by atoms with E-state index in [0.717, 1.165) is 16.4 Å². The van der Waals surface area contributed by atoms with Crippen LogP contribution in [0.1, 0.15) is 15.9 Å². The maximum atomic E-state index is 13.1. The van der Waals surface area contributed by atoms with Crippen LogP contribution in [0.3, 0.4) is 0 Å². The van der Waals surface area contributed by atoms with Gasteiger partial charge < -0.3 is 5.32 Å². The first-order chi connectivity index (χ1) is 11.2. The number of benzene rings is 2. The van der Waals surface area contributed by atoms with Crippen molar-refractivity contribution in [3.8, 4) is 0 Å². The van der Waals surface area contributed by atoms with Crippen molar-refractivity contribution in [3.63, 3.8) is 0 Å². The summed E-state index contributed by atoms with van der Waals surface area (Å²) in [4.78, 5) is 12.0. The molecule has 5 nitrogen and oxygen atoms in total. The van der Waals surface area contributed by atoms with Crippen LogP contribution in [0.15, 0.2) is 47.4 Å². The van der Waals surface area contributed by atoms with Gasteiger partial charge in [-0.1, -0.05) is 12.1 Å². The molecule has 0 atom stereocenters. The Morgan fingerprint density at radius 3 is 2.21 bits per heavy atom. The van der Waals surface area contributed by atoms with Crippen molar-refractivity contribution in [2.24, 2.45) is 0 Å². The molecule has 0 aromatic heterocycles. The fraction of sp³-hybridized carbons (Fsp3) is 0.188. The minimum absolute atomic E-state index is 0.000653. The van der Waals surface area contributed by atoms with Gasteiger partial charge in [0, 0.05) is 26.2 Å². The SMILES string of the molecule is CN(C)S(=O)(=O)c1ccc(CNC(=O)c2ccc(F)c(F)c2)cc1. The maximum Gasteiger partial charge on any atom is 0.251 e. The summed E-state index contributed by atoms with van der Waals surface area (Å²) in [6, 6.07) is 8.90. The highest BCUT2D eigenvalue weighted by Gasteiger charge is 2.16. The predicted molar refractivity (Wildman–Crippen MR) is 84.8 cm³/mol. The second-order valence-electron chi connectivity index (χ2n) is 5.24. The summed E-state index contributed by atoms with van der Waals surface area (Å²) in [5.41, 5.74) is 0.671. The van der Waals surface area contributed by atoms with Crippen molar-refractivity contribution in [2.45, 2.75) is 11.4 Å². The molecule has 1 amide bonds. The normalized spacial score (nSPS) is 11.5. The van der Waals surface area contributed by atoms with E-state index in [4.69, 9.17) is 0 Å². The van der Waals surface area contributed by atoms with Gasteiger partial charge in [-0.2, -0.15) is 0 Å². The standard InChI is InChI=1S/C16H16F2N2O3S/c1-20(2)24(22,23)13-6-3-11(4-7-13)10-19-16(21)12-5-8-14(17)15(18)9-12/h3-9H,10H2,1-2H3,(H,19,21). The predicted octanol–water partition coefficient (Wildman–Crippen LogP) is 2.15. The van der Waals surface area contributed by atoms with Crippen LogP contribution in [0.25, 0.3) is 0 Å².